The average Bonchev–Trinajstić information content (AvgIpc) is 2.04. The number of hydrogen-bond acceptors (Lipinski definition) is 1. The molecule has 1 heterocycles. The van der Waals surface area contributed by atoms with Crippen LogP contribution in [0, 0.1) is 0 Å². The van der Waals surface area contributed by atoms with Gasteiger partial charge in [-0.3, -0.25) is 0 Å². The van der Waals surface area contributed by atoms with Gasteiger partial charge in [-0.05, 0) is 5.56 Å². The van der Waals surface area contributed by atoms with Crippen molar-refractivity contribution in [3.63, 3.8) is 0 Å². The van der Waals surface area contributed by atoms with Gasteiger partial charge in [-0.15, -0.1) is 0 Å². The number of hydrogen-bond donors (Lipinski definition) is 0. The highest BCUT2D eigenvalue weighted by molar-refractivity contribution is 5.05. The third-order valence-electron chi connectivity index (χ3n) is 1.98. The maximum Gasteiger partial charge on any atom is 0.169 e. The van der Waals surface area contributed by atoms with Crippen LogP contribution in [0.25, 0.3) is 0 Å². The van der Waals surface area contributed by atoms with E-state index >= 15 is 0 Å². The van der Waals surface area contributed by atoms with E-state index in [1.54, 1.807) is 7.11 Å². The third-order valence-corrected chi connectivity index (χ3v) is 1.98. The van der Waals surface area contributed by atoms with Gasteiger partial charge in [0.1, 0.15) is 0 Å². The summed E-state index contributed by atoms with van der Waals surface area (Å²) in [6.45, 7) is 7.24. The molecule has 13 heavy (non-hydrogen) atoms. The largest absolute Gasteiger partial charge is 0.380 e. The van der Waals surface area contributed by atoms with Crippen molar-refractivity contribution >= 4 is 0 Å². The lowest BCUT2D eigenvalue weighted by molar-refractivity contribution is -0.754. The Morgan fingerprint density at radius 2 is 1.77 bits per heavy atom. The molecule has 2 heteroatoms. The number of rotatable bonds is 2. The first-order valence-corrected chi connectivity index (χ1v) is 4.53. The van der Waals surface area contributed by atoms with Crippen LogP contribution in [0.1, 0.15) is 26.3 Å². The minimum absolute atomic E-state index is 0.158. The Morgan fingerprint density at radius 1 is 1.23 bits per heavy atom. The SMILES string of the molecule is COCc1cc[n+](C(C)(C)C)cc1. The highest BCUT2D eigenvalue weighted by Gasteiger charge is 2.19. The fraction of sp³-hybridized carbons (Fsp3) is 0.545. The van der Waals surface area contributed by atoms with Gasteiger partial charge in [0.25, 0.3) is 0 Å². The van der Waals surface area contributed by atoms with Crippen molar-refractivity contribution in [2.24, 2.45) is 0 Å². The standard InChI is InChI=1S/C11H18NO/c1-11(2,3)12-7-5-10(6-8-12)9-13-4/h5-8H,9H2,1-4H3/q+1. The minimum atomic E-state index is 0.158. The molecule has 0 atom stereocenters. The van der Waals surface area contributed by atoms with E-state index in [1.165, 1.54) is 5.56 Å². The van der Waals surface area contributed by atoms with Crippen LogP contribution in [-0.4, -0.2) is 7.11 Å². The molecule has 0 unspecified atom stereocenters. The molecule has 0 bridgehead atoms. The van der Waals surface area contributed by atoms with E-state index in [-0.39, 0.29) is 5.54 Å². The van der Waals surface area contributed by atoms with E-state index in [2.05, 4.69) is 49.9 Å². The molecule has 0 saturated carbocycles. The molecule has 1 aromatic heterocycles. The molecule has 0 aliphatic heterocycles. The van der Waals surface area contributed by atoms with Crippen LogP contribution in [0.3, 0.4) is 0 Å². The maximum atomic E-state index is 5.04. The lowest BCUT2D eigenvalue weighted by Crippen LogP contribution is -2.49. The van der Waals surface area contributed by atoms with Gasteiger partial charge < -0.3 is 4.74 Å². The number of methoxy groups -OCH3 is 1. The van der Waals surface area contributed by atoms with Crippen molar-refractivity contribution in [3.8, 4) is 0 Å². The molecule has 0 N–H and O–H groups in total. The quantitative estimate of drug-likeness (QED) is 0.633. The second-order valence-electron chi connectivity index (χ2n) is 4.22. The molecule has 0 spiro atoms. The summed E-state index contributed by atoms with van der Waals surface area (Å²) in [5, 5.41) is 0. The summed E-state index contributed by atoms with van der Waals surface area (Å²) < 4.78 is 7.23. The summed E-state index contributed by atoms with van der Waals surface area (Å²) in [6.07, 6.45) is 4.18. The van der Waals surface area contributed by atoms with E-state index in [0.717, 1.165) is 0 Å². The Morgan fingerprint density at radius 3 is 2.15 bits per heavy atom. The molecule has 0 amide bonds. The number of aromatic nitrogens is 1. The zero-order chi connectivity index (χ0) is 9.90. The van der Waals surface area contributed by atoms with Gasteiger partial charge in [-0.2, -0.15) is 0 Å². The van der Waals surface area contributed by atoms with Crippen LogP contribution in [-0.2, 0) is 16.9 Å². The van der Waals surface area contributed by atoms with E-state index in [1.807, 2.05) is 0 Å². The van der Waals surface area contributed by atoms with Gasteiger partial charge >= 0.3 is 0 Å². The minimum Gasteiger partial charge on any atom is -0.380 e. The van der Waals surface area contributed by atoms with Gasteiger partial charge in [0.05, 0.1) is 6.61 Å². The third kappa shape index (κ3) is 2.81. The van der Waals surface area contributed by atoms with Crippen LogP contribution < -0.4 is 4.57 Å². The first-order valence-electron chi connectivity index (χ1n) is 4.53. The van der Waals surface area contributed by atoms with E-state index < -0.39 is 0 Å². The van der Waals surface area contributed by atoms with Crippen molar-refractivity contribution in [3.05, 3.63) is 30.1 Å². The van der Waals surface area contributed by atoms with E-state index in [4.69, 9.17) is 4.74 Å². The Hall–Kier alpha value is -0.890. The van der Waals surface area contributed by atoms with Crippen LogP contribution in [0.4, 0.5) is 0 Å². The van der Waals surface area contributed by atoms with E-state index in [9.17, 15) is 0 Å². The van der Waals surface area contributed by atoms with Gasteiger partial charge in [0, 0.05) is 40.0 Å². The summed E-state index contributed by atoms with van der Waals surface area (Å²) in [5.41, 5.74) is 1.37. The van der Waals surface area contributed by atoms with Crippen molar-refractivity contribution in [1.82, 2.24) is 0 Å². The lowest BCUT2D eigenvalue weighted by atomic mass is 10.1. The normalized spacial score (nSPS) is 11.7. The Kier molecular flexibility index (Phi) is 3.04. The van der Waals surface area contributed by atoms with Crippen molar-refractivity contribution in [1.29, 1.82) is 0 Å². The van der Waals surface area contributed by atoms with Crippen LogP contribution in [0.5, 0.6) is 0 Å². The fourth-order valence-electron chi connectivity index (χ4n) is 1.17. The number of nitrogens with zero attached hydrogens (tertiary/aromatic N) is 1. The topological polar surface area (TPSA) is 13.1 Å². The van der Waals surface area contributed by atoms with Crippen molar-refractivity contribution in [2.45, 2.75) is 32.9 Å². The molecule has 0 aliphatic rings. The molecule has 2 nitrogen and oxygen atoms in total. The second kappa shape index (κ2) is 3.88. The van der Waals surface area contributed by atoms with E-state index in [0.29, 0.717) is 6.61 Å². The first-order chi connectivity index (χ1) is 6.04. The van der Waals surface area contributed by atoms with Gasteiger partial charge in [-0.1, -0.05) is 0 Å². The van der Waals surface area contributed by atoms with Crippen LogP contribution in [0.15, 0.2) is 24.5 Å². The van der Waals surface area contributed by atoms with Gasteiger partial charge in [0.15, 0.2) is 17.9 Å². The smallest absolute Gasteiger partial charge is 0.169 e. The summed E-state index contributed by atoms with van der Waals surface area (Å²) in [7, 11) is 1.71. The number of ether oxygens (including phenoxy) is 1. The molecular weight excluding hydrogens is 162 g/mol. The summed E-state index contributed by atoms with van der Waals surface area (Å²) in [6, 6.07) is 4.18. The lowest BCUT2D eigenvalue weighted by Gasteiger charge is -2.12. The first kappa shape index (κ1) is 10.2. The van der Waals surface area contributed by atoms with Gasteiger partial charge in [-0.25, -0.2) is 4.57 Å². The Bertz CT molecular complexity index is 258. The fourth-order valence-corrected chi connectivity index (χ4v) is 1.17. The highest BCUT2D eigenvalue weighted by atomic mass is 16.5. The molecule has 1 aromatic rings. The molecule has 0 aliphatic carbocycles. The highest BCUT2D eigenvalue weighted by Crippen LogP contribution is 2.04. The molecule has 1 rings (SSSR count). The number of pyridine rings is 1. The predicted molar refractivity (Wildman–Crippen MR) is 52.3 cm³/mol. The molecule has 0 radical (unpaired) electrons. The van der Waals surface area contributed by atoms with Gasteiger partial charge in [0.2, 0.25) is 0 Å². The predicted octanol–water partition coefficient (Wildman–Crippen LogP) is 1.88. The van der Waals surface area contributed by atoms with Crippen molar-refractivity contribution < 1.29 is 9.30 Å². The van der Waals surface area contributed by atoms with Crippen molar-refractivity contribution in [2.75, 3.05) is 7.11 Å². The summed E-state index contributed by atoms with van der Waals surface area (Å²) in [5.74, 6) is 0. The Balaban J connectivity index is 2.81. The second-order valence-corrected chi connectivity index (χ2v) is 4.22. The average molecular weight is 180 g/mol. The van der Waals surface area contributed by atoms with Crippen LogP contribution >= 0.6 is 0 Å². The van der Waals surface area contributed by atoms with Crippen LogP contribution in [0.2, 0.25) is 0 Å². The molecule has 0 fully saturated rings. The molecule has 72 valence electrons. The Labute approximate surface area is 80.2 Å². The molecular formula is C11H18NO+. The maximum absolute atomic E-state index is 5.04. The summed E-state index contributed by atoms with van der Waals surface area (Å²) >= 11 is 0. The molecule has 0 saturated heterocycles. The monoisotopic (exact) mass is 180 g/mol. The molecule has 0 aromatic carbocycles. The zero-order valence-corrected chi connectivity index (χ0v) is 8.87. The zero-order valence-electron chi connectivity index (χ0n) is 8.87. The summed E-state index contributed by atoms with van der Waals surface area (Å²) in [4.78, 5) is 0.